The van der Waals surface area contributed by atoms with E-state index in [1.165, 1.54) is 0 Å². The van der Waals surface area contributed by atoms with Gasteiger partial charge in [-0.3, -0.25) is 10.2 Å². The van der Waals surface area contributed by atoms with Crippen molar-refractivity contribution in [3.63, 3.8) is 0 Å². The number of imidazole rings is 1. The molecule has 8 nitrogen and oxygen atoms in total. The van der Waals surface area contributed by atoms with Gasteiger partial charge in [0.15, 0.2) is 22.6 Å². The highest BCUT2D eigenvalue weighted by Gasteiger charge is 2.56. The molecule has 0 bridgehead atoms. The number of nitrogens with zero attached hydrogens (tertiary/aromatic N) is 3. The molecule has 160 valence electrons. The normalized spacial score (nSPS) is 32.0. The number of carbonyl (C=O) groups excluding carboxylic acids is 1. The fourth-order valence-electron chi connectivity index (χ4n) is 6.81. The molecule has 0 aliphatic heterocycles. The Hall–Kier alpha value is -3.16. The summed E-state index contributed by atoms with van der Waals surface area (Å²) in [7, 11) is 0. The second kappa shape index (κ2) is 6.18. The van der Waals surface area contributed by atoms with Crippen LogP contribution in [0.3, 0.4) is 0 Å². The van der Waals surface area contributed by atoms with Crippen LogP contribution in [-0.2, 0) is 4.79 Å². The first kappa shape index (κ1) is 18.6. The molecular weight excluding hydrogens is 394 g/mol. The number of aromatic hydroxyl groups is 2. The Morgan fingerprint density at radius 3 is 2.94 bits per heavy atom. The van der Waals surface area contributed by atoms with Crippen LogP contribution in [0.5, 0.6) is 11.5 Å². The minimum absolute atomic E-state index is 0.0945. The third-order valence-corrected chi connectivity index (χ3v) is 8.35. The van der Waals surface area contributed by atoms with Crippen molar-refractivity contribution in [2.45, 2.75) is 51.0 Å². The number of Topliss-reactive ketones (excluding diaryl/α,β-unsaturated/α-hetero) is 1. The molecule has 2 saturated carbocycles. The summed E-state index contributed by atoms with van der Waals surface area (Å²) in [4.78, 5) is 24.4. The van der Waals surface area contributed by atoms with Crippen molar-refractivity contribution in [1.29, 1.82) is 5.41 Å². The number of phenols is 2. The number of fused-ring (bicyclic) bond motifs is 6. The van der Waals surface area contributed by atoms with Crippen molar-refractivity contribution in [3.05, 3.63) is 41.4 Å². The minimum atomic E-state index is -0.291. The van der Waals surface area contributed by atoms with Crippen molar-refractivity contribution in [3.8, 4) is 11.5 Å². The topological polar surface area (TPSA) is 128 Å². The van der Waals surface area contributed by atoms with Gasteiger partial charge in [0.25, 0.3) is 0 Å². The maximum Gasteiger partial charge on any atom is 0.173 e. The van der Waals surface area contributed by atoms with Gasteiger partial charge in [0.05, 0.1) is 18.7 Å². The largest absolute Gasteiger partial charge is 0.504 e. The highest BCUT2D eigenvalue weighted by molar-refractivity contribution is 5.87. The number of rotatable bonds is 1. The van der Waals surface area contributed by atoms with E-state index in [-0.39, 0.29) is 34.4 Å². The molecule has 6 rings (SSSR count). The maximum atomic E-state index is 12.8. The molecule has 0 saturated heterocycles. The Morgan fingerprint density at radius 2 is 2.10 bits per heavy atom. The third-order valence-electron chi connectivity index (χ3n) is 8.35. The zero-order valence-corrected chi connectivity index (χ0v) is 17.3. The zero-order chi connectivity index (χ0) is 21.5. The summed E-state index contributed by atoms with van der Waals surface area (Å²) >= 11 is 0. The molecule has 2 heterocycles. The van der Waals surface area contributed by atoms with E-state index < -0.39 is 0 Å². The molecule has 8 heteroatoms. The lowest BCUT2D eigenvalue weighted by atomic mass is 9.55. The van der Waals surface area contributed by atoms with Crippen LogP contribution >= 0.6 is 0 Å². The maximum absolute atomic E-state index is 12.8. The van der Waals surface area contributed by atoms with Crippen molar-refractivity contribution >= 4 is 16.9 Å². The van der Waals surface area contributed by atoms with Gasteiger partial charge in [-0.05, 0) is 55.1 Å². The highest BCUT2D eigenvalue weighted by atomic mass is 16.3. The smallest absolute Gasteiger partial charge is 0.173 e. The Bertz CT molecular complexity index is 1290. The molecule has 0 spiro atoms. The SMILES string of the molecule is C[C@]12CC[C@@H]3c4ccc(O)c(O)c4C(n4cnc(=N)c5[nH]cnc54)C[C@H]3[C@@H]1CCC2=O. The van der Waals surface area contributed by atoms with E-state index in [0.717, 1.165) is 31.2 Å². The second-order valence-electron chi connectivity index (χ2n) is 9.58. The number of nitrogens with one attached hydrogen (secondary N) is 2. The van der Waals surface area contributed by atoms with Crippen molar-refractivity contribution < 1.29 is 15.0 Å². The first-order valence-corrected chi connectivity index (χ1v) is 10.9. The number of ketones is 1. The van der Waals surface area contributed by atoms with Crippen molar-refractivity contribution in [2.75, 3.05) is 0 Å². The van der Waals surface area contributed by atoms with E-state index in [1.807, 2.05) is 10.6 Å². The predicted molar refractivity (Wildman–Crippen MR) is 112 cm³/mol. The summed E-state index contributed by atoms with van der Waals surface area (Å²) < 4.78 is 1.90. The van der Waals surface area contributed by atoms with E-state index >= 15 is 0 Å². The molecule has 2 fully saturated rings. The molecule has 0 radical (unpaired) electrons. The summed E-state index contributed by atoms with van der Waals surface area (Å²) in [5, 5.41) is 29.3. The Balaban J connectivity index is 1.58. The molecule has 3 aliphatic rings. The van der Waals surface area contributed by atoms with Gasteiger partial charge in [-0.1, -0.05) is 13.0 Å². The number of hydrogen-bond donors (Lipinski definition) is 4. The number of aromatic amines is 1. The fourth-order valence-corrected chi connectivity index (χ4v) is 6.81. The minimum Gasteiger partial charge on any atom is -0.504 e. The number of H-pyrrole nitrogens is 1. The lowest BCUT2D eigenvalue weighted by molar-refractivity contribution is -0.129. The monoisotopic (exact) mass is 419 g/mol. The fraction of sp³-hybridized carbons (Fsp3) is 0.478. The molecule has 3 aliphatic carbocycles. The summed E-state index contributed by atoms with van der Waals surface area (Å²) in [5.41, 5.74) is 2.74. The Labute approximate surface area is 178 Å². The van der Waals surface area contributed by atoms with Crippen LogP contribution in [-0.4, -0.2) is 35.5 Å². The van der Waals surface area contributed by atoms with E-state index in [2.05, 4.69) is 21.9 Å². The van der Waals surface area contributed by atoms with Gasteiger partial charge >= 0.3 is 0 Å². The zero-order valence-electron chi connectivity index (χ0n) is 17.3. The average Bonchev–Trinajstić information content (AvgIpc) is 3.36. The van der Waals surface area contributed by atoms with Crippen LogP contribution in [0, 0.1) is 22.7 Å². The number of carbonyl (C=O) groups is 1. The Morgan fingerprint density at radius 1 is 1.26 bits per heavy atom. The average molecular weight is 419 g/mol. The number of benzene rings is 1. The van der Waals surface area contributed by atoms with E-state index in [4.69, 9.17) is 5.41 Å². The van der Waals surface area contributed by atoms with Crippen LogP contribution in [0.25, 0.3) is 11.2 Å². The van der Waals surface area contributed by atoms with Crippen LogP contribution in [0.4, 0.5) is 0 Å². The summed E-state index contributed by atoms with van der Waals surface area (Å²) in [5.74, 6) is 1.01. The van der Waals surface area contributed by atoms with Gasteiger partial charge in [0.1, 0.15) is 11.3 Å². The molecule has 3 aromatic rings. The number of phenolic OH excluding ortho intramolecular Hbond substituents is 2. The summed E-state index contributed by atoms with van der Waals surface area (Å²) in [6.07, 6.45) is 7.21. The standard InChI is InChI=1S/C23H25N5O3/c1-23-7-6-11-12-2-4-16(29)20(31)18(12)15(8-13(11)14(23)3-5-17(23)30)28-10-27-21(24)19-22(28)26-9-25-19/h2,4,9-11,13-15,24,29,31H,3,5-8H2,1H3,(H,25,26)/t11-,13-,14+,15?,23+/m1/s1. The van der Waals surface area contributed by atoms with Gasteiger partial charge in [-0.25, -0.2) is 9.97 Å². The third kappa shape index (κ3) is 2.36. The molecule has 2 aromatic heterocycles. The molecule has 0 amide bonds. The van der Waals surface area contributed by atoms with Crippen LogP contribution in [0.15, 0.2) is 24.8 Å². The lowest BCUT2D eigenvalue weighted by Crippen LogP contribution is -2.44. The molecule has 1 unspecified atom stereocenters. The van der Waals surface area contributed by atoms with Gasteiger partial charge in [0, 0.05) is 17.4 Å². The van der Waals surface area contributed by atoms with Crippen molar-refractivity contribution in [1.82, 2.24) is 19.5 Å². The van der Waals surface area contributed by atoms with Gasteiger partial charge < -0.3 is 19.8 Å². The molecule has 1 aromatic carbocycles. The Kier molecular flexibility index (Phi) is 3.71. The molecule has 5 atom stereocenters. The molecule has 4 N–H and O–H groups in total. The van der Waals surface area contributed by atoms with Crippen LogP contribution < -0.4 is 5.49 Å². The summed E-state index contributed by atoms with van der Waals surface area (Å²) in [6, 6.07) is 3.21. The van der Waals surface area contributed by atoms with Crippen LogP contribution in [0.2, 0.25) is 0 Å². The van der Waals surface area contributed by atoms with Crippen LogP contribution in [0.1, 0.15) is 62.1 Å². The van der Waals surface area contributed by atoms with Gasteiger partial charge in [-0.15, -0.1) is 0 Å². The van der Waals surface area contributed by atoms with E-state index in [9.17, 15) is 15.0 Å². The van der Waals surface area contributed by atoms with Gasteiger partial charge in [-0.2, -0.15) is 0 Å². The second-order valence-corrected chi connectivity index (χ2v) is 9.58. The predicted octanol–water partition coefficient (Wildman–Crippen LogP) is 3.12. The number of hydrogen-bond acceptors (Lipinski definition) is 6. The quantitative estimate of drug-likeness (QED) is 0.451. The first-order valence-electron chi connectivity index (χ1n) is 10.9. The van der Waals surface area contributed by atoms with Crippen molar-refractivity contribution in [2.24, 2.45) is 17.3 Å². The first-order chi connectivity index (χ1) is 14.9. The highest BCUT2D eigenvalue weighted by Crippen LogP contribution is 2.62. The van der Waals surface area contributed by atoms with E-state index in [1.54, 1.807) is 18.7 Å². The number of aromatic nitrogens is 4. The molecular formula is C23H25N5O3. The summed E-state index contributed by atoms with van der Waals surface area (Å²) in [6.45, 7) is 2.14. The van der Waals surface area contributed by atoms with E-state index in [0.29, 0.717) is 40.8 Å². The lowest BCUT2D eigenvalue weighted by Gasteiger charge is -2.50. The molecule has 31 heavy (non-hydrogen) atoms. The van der Waals surface area contributed by atoms with Gasteiger partial charge in [0.2, 0.25) is 0 Å².